The SMILES string of the molecule is Cc1cnoc1C(=O)N1CCCC(CCN)C1. The first kappa shape index (κ1) is 12.1. The highest BCUT2D eigenvalue weighted by Crippen LogP contribution is 2.21. The Balaban J connectivity index is 2.02. The van der Waals surface area contributed by atoms with Crippen molar-refractivity contribution in [3.05, 3.63) is 17.5 Å². The minimum Gasteiger partial charge on any atom is -0.351 e. The van der Waals surface area contributed by atoms with E-state index in [-0.39, 0.29) is 5.91 Å². The van der Waals surface area contributed by atoms with Gasteiger partial charge in [0.05, 0.1) is 6.20 Å². The molecule has 1 atom stereocenters. The first-order valence-electron chi connectivity index (χ1n) is 6.13. The van der Waals surface area contributed by atoms with Crippen molar-refractivity contribution >= 4 is 5.91 Å². The maximum absolute atomic E-state index is 12.2. The summed E-state index contributed by atoms with van der Waals surface area (Å²) >= 11 is 0. The fourth-order valence-electron chi connectivity index (χ4n) is 2.36. The monoisotopic (exact) mass is 237 g/mol. The molecule has 5 nitrogen and oxygen atoms in total. The van der Waals surface area contributed by atoms with E-state index in [1.807, 2.05) is 11.8 Å². The normalized spacial score (nSPS) is 20.6. The molecule has 17 heavy (non-hydrogen) atoms. The van der Waals surface area contributed by atoms with Gasteiger partial charge in [0.1, 0.15) is 0 Å². The third kappa shape index (κ3) is 2.66. The van der Waals surface area contributed by atoms with Crippen molar-refractivity contribution in [2.24, 2.45) is 11.7 Å². The molecule has 0 saturated carbocycles. The lowest BCUT2D eigenvalue weighted by Crippen LogP contribution is -2.40. The summed E-state index contributed by atoms with van der Waals surface area (Å²) in [5.41, 5.74) is 6.37. The van der Waals surface area contributed by atoms with Crippen LogP contribution in [0.15, 0.2) is 10.7 Å². The van der Waals surface area contributed by atoms with Crippen LogP contribution in [0.1, 0.15) is 35.4 Å². The largest absolute Gasteiger partial charge is 0.351 e. The molecule has 0 radical (unpaired) electrons. The topological polar surface area (TPSA) is 72.4 Å². The molecule has 0 aliphatic carbocycles. The van der Waals surface area contributed by atoms with Gasteiger partial charge in [-0.25, -0.2) is 0 Å². The highest BCUT2D eigenvalue weighted by molar-refractivity contribution is 5.92. The number of amides is 1. The molecule has 1 aromatic rings. The molecule has 1 aliphatic rings. The number of nitrogens with zero attached hydrogens (tertiary/aromatic N) is 2. The zero-order valence-corrected chi connectivity index (χ0v) is 10.2. The Labute approximate surface area is 101 Å². The van der Waals surface area contributed by atoms with E-state index >= 15 is 0 Å². The Kier molecular flexibility index (Phi) is 3.78. The molecule has 1 aliphatic heterocycles. The summed E-state index contributed by atoms with van der Waals surface area (Å²) in [4.78, 5) is 14.1. The van der Waals surface area contributed by atoms with Crippen LogP contribution in [0.25, 0.3) is 0 Å². The Morgan fingerprint density at radius 2 is 2.53 bits per heavy atom. The van der Waals surface area contributed by atoms with Gasteiger partial charge < -0.3 is 15.2 Å². The van der Waals surface area contributed by atoms with E-state index in [1.54, 1.807) is 6.20 Å². The van der Waals surface area contributed by atoms with Gasteiger partial charge in [-0.15, -0.1) is 0 Å². The zero-order valence-electron chi connectivity index (χ0n) is 10.2. The van der Waals surface area contributed by atoms with Gasteiger partial charge in [0.2, 0.25) is 5.76 Å². The molecule has 0 spiro atoms. The first-order valence-corrected chi connectivity index (χ1v) is 6.13. The summed E-state index contributed by atoms with van der Waals surface area (Å²) in [6, 6.07) is 0. The van der Waals surface area contributed by atoms with Crippen LogP contribution in [0.3, 0.4) is 0 Å². The standard InChI is InChI=1S/C12H19N3O2/c1-9-7-14-17-11(9)12(16)15-6-2-3-10(8-15)4-5-13/h7,10H,2-6,8,13H2,1H3. The molecule has 0 aromatic carbocycles. The predicted molar refractivity (Wildman–Crippen MR) is 63.5 cm³/mol. The number of aromatic nitrogens is 1. The van der Waals surface area contributed by atoms with Gasteiger partial charge in [-0.2, -0.15) is 0 Å². The lowest BCUT2D eigenvalue weighted by atomic mass is 9.94. The summed E-state index contributed by atoms with van der Waals surface area (Å²) in [6.07, 6.45) is 4.77. The Morgan fingerprint density at radius 1 is 1.71 bits per heavy atom. The second kappa shape index (κ2) is 5.31. The Hall–Kier alpha value is -1.36. The van der Waals surface area contributed by atoms with Crippen molar-refractivity contribution in [3.63, 3.8) is 0 Å². The predicted octanol–water partition coefficient (Wildman–Crippen LogP) is 1.18. The maximum atomic E-state index is 12.2. The van der Waals surface area contributed by atoms with Gasteiger partial charge in [-0.05, 0) is 38.6 Å². The molecule has 5 heteroatoms. The van der Waals surface area contributed by atoms with Gasteiger partial charge in [-0.3, -0.25) is 4.79 Å². The zero-order chi connectivity index (χ0) is 12.3. The molecule has 2 rings (SSSR count). The molecule has 0 bridgehead atoms. The van der Waals surface area contributed by atoms with Crippen LogP contribution in [0, 0.1) is 12.8 Å². The minimum atomic E-state index is -0.0401. The smallest absolute Gasteiger partial charge is 0.292 e. The quantitative estimate of drug-likeness (QED) is 0.857. The third-order valence-electron chi connectivity index (χ3n) is 3.32. The summed E-state index contributed by atoms with van der Waals surface area (Å²) in [6.45, 7) is 4.12. The van der Waals surface area contributed by atoms with Crippen molar-refractivity contribution in [1.82, 2.24) is 10.1 Å². The molecule has 1 saturated heterocycles. The first-order chi connectivity index (χ1) is 8.22. The lowest BCUT2D eigenvalue weighted by molar-refractivity contribution is 0.0627. The van der Waals surface area contributed by atoms with Gasteiger partial charge in [-0.1, -0.05) is 5.16 Å². The van der Waals surface area contributed by atoms with E-state index in [4.69, 9.17) is 10.3 Å². The number of rotatable bonds is 3. The van der Waals surface area contributed by atoms with Crippen LogP contribution in [0.2, 0.25) is 0 Å². The molecule has 94 valence electrons. The average molecular weight is 237 g/mol. The second-order valence-corrected chi connectivity index (χ2v) is 4.67. The van der Waals surface area contributed by atoms with Crippen molar-refractivity contribution < 1.29 is 9.32 Å². The number of hydrogen-bond donors (Lipinski definition) is 1. The highest BCUT2D eigenvalue weighted by Gasteiger charge is 2.27. The fourth-order valence-corrected chi connectivity index (χ4v) is 2.36. The fraction of sp³-hybridized carbons (Fsp3) is 0.667. The number of carbonyl (C=O) groups is 1. The number of aryl methyl sites for hydroxylation is 1. The molecule has 2 N–H and O–H groups in total. The van der Waals surface area contributed by atoms with Crippen LogP contribution >= 0.6 is 0 Å². The van der Waals surface area contributed by atoms with Crippen molar-refractivity contribution in [3.8, 4) is 0 Å². The van der Waals surface area contributed by atoms with Crippen LogP contribution in [-0.2, 0) is 0 Å². The van der Waals surface area contributed by atoms with Crippen molar-refractivity contribution in [1.29, 1.82) is 0 Å². The molecule has 1 aromatic heterocycles. The van der Waals surface area contributed by atoms with Crippen LogP contribution in [0.5, 0.6) is 0 Å². The van der Waals surface area contributed by atoms with E-state index < -0.39 is 0 Å². The summed E-state index contributed by atoms with van der Waals surface area (Å²) in [5, 5.41) is 3.65. The molecular formula is C12H19N3O2. The van der Waals surface area contributed by atoms with Gasteiger partial charge in [0.15, 0.2) is 0 Å². The van der Waals surface area contributed by atoms with Crippen LogP contribution in [-0.4, -0.2) is 35.6 Å². The van der Waals surface area contributed by atoms with Crippen molar-refractivity contribution in [2.75, 3.05) is 19.6 Å². The molecule has 2 heterocycles. The molecule has 1 unspecified atom stereocenters. The summed E-state index contributed by atoms with van der Waals surface area (Å²) < 4.78 is 5.01. The minimum absolute atomic E-state index is 0.0401. The Morgan fingerprint density at radius 3 is 3.18 bits per heavy atom. The van der Waals surface area contributed by atoms with Gasteiger partial charge in [0.25, 0.3) is 5.91 Å². The van der Waals surface area contributed by atoms with Crippen LogP contribution < -0.4 is 5.73 Å². The highest BCUT2D eigenvalue weighted by atomic mass is 16.5. The van der Waals surface area contributed by atoms with Gasteiger partial charge >= 0.3 is 0 Å². The number of likely N-dealkylation sites (tertiary alicyclic amines) is 1. The van der Waals surface area contributed by atoms with E-state index in [1.165, 1.54) is 0 Å². The Bertz CT molecular complexity index is 387. The van der Waals surface area contributed by atoms with Crippen LogP contribution in [0.4, 0.5) is 0 Å². The maximum Gasteiger partial charge on any atom is 0.292 e. The summed E-state index contributed by atoms with van der Waals surface area (Å²) in [5.74, 6) is 0.862. The number of carbonyl (C=O) groups excluding carboxylic acids is 1. The average Bonchev–Trinajstić information content (AvgIpc) is 2.75. The number of hydrogen-bond acceptors (Lipinski definition) is 4. The third-order valence-corrected chi connectivity index (χ3v) is 3.32. The second-order valence-electron chi connectivity index (χ2n) is 4.67. The van der Waals surface area contributed by atoms with Gasteiger partial charge in [0, 0.05) is 18.7 Å². The lowest BCUT2D eigenvalue weighted by Gasteiger charge is -2.32. The van der Waals surface area contributed by atoms with Crippen molar-refractivity contribution in [2.45, 2.75) is 26.2 Å². The van der Waals surface area contributed by atoms with E-state index in [0.29, 0.717) is 18.2 Å². The van der Waals surface area contributed by atoms with E-state index in [2.05, 4.69) is 5.16 Å². The molecule has 1 amide bonds. The molecular weight excluding hydrogens is 218 g/mol. The van der Waals surface area contributed by atoms with E-state index in [0.717, 1.165) is 37.9 Å². The summed E-state index contributed by atoms with van der Waals surface area (Å²) in [7, 11) is 0. The van der Waals surface area contributed by atoms with E-state index in [9.17, 15) is 4.79 Å². The number of piperidine rings is 1. The molecule has 1 fully saturated rings. The number of nitrogens with two attached hydrogens (primary N) is 1.